The molecule has 2 heteroatoms. The average molecular weight is 255 g/mol. The maximum atomic E-state index is 12.6. The molecule has 0 radical (unpaired) electrons. The molecule has 19 heavy (non-hydrogen) atoms. The summed E-state index contributed by atoms with van der Waals surface area (Å²) in [6.07, 6.45) is 6.63. The molecule has 1 aliphatic carbocycles. The van der Waals surface area contributed by atoms with Crippen LogP contribution in [0.5, 0.6) is 0 Å². The van der Waals surface area contributed by atoms with Gasteiger partial charge in [-0.05, 0) is 30.9 Å². The molecule has 2 rings (SSSR count). The average Bonchev–Trinajstić information content (AvgIpc) is 2.70. The zero-order valence-electron chi connectivity index (χ0n) is 11.6. The van der Waals surface area contributed by atoms with Crippen LogP contribution in [0.15, 0.2) is 24.3 Å². The Bertz CT molecular complexity index is 478. The molecule has 1 fully saturated rings. The Morgan fingerprint density at radius 3 is 2.42 bits per heavy atom. The first kappa shape index (κ1) is 13.8. The van der Waals surface area contributed by atoms with E-state index in [-0.39, 0.29) is 11.7 Å². The van der Waals surface area contributed by atoms with Crippen molar-refractivity contribution in [2.75, 3.05) is 0 Å². The van der Waals surface area contributed by atoms with Gasteiger partial charge in [-0.3, -0.25) is 4.79 Å². The molecule has 100 valence electrons. The second-order valence-electron chi connectivity index (χ2n) is 5.51. The number of carbonyl (C=O) groups excluding carboxylic acids is 1. The molecule has 2 nitrogen and oxygen atoms in total. The summed E-state index contributed by atoms with van der Waals surface area (Å²) in [5.74, 6) is -0.352. The molecule has 0 heterocycles. The highest BCUT2D eigenvalue weighted by Crippen LogP contribution is 2.30. The van der Waals surface area contributed by atoms with Crippen LogP contribution in [0.25, 0.3) is 0 Å². The van der Waals surface area contributed by atoms with Crippen molar-refractivity contribution in [3.63, 3.8) is 0 Å². The monoisotopic (exact) mass is 255 g/mol. The summed E-state index contributed by atoms with van der Waals surface area (Å²) in [5.41, 5.74) is 1.93. The highest BCUT2D eigenvalue weighted by atomic mass is 16.1. The van der Waals surface area contributed by atoms with Crippen molar-refractivity contribution < 1.29 is 4.79 Å². The van der Waals surface area contributed by atoms with Crippen LogP contribution in [0.2, 0.25) is 0 Å². The van der Waals surface area contributed by atoms with Gasteiger partial charge in [0.25, 0.3) is 0 Å². The maximum absolute atomic E-state index is 12.6. The standard InChI is InChI=1S/C17H21NO/c1-13-8-6-7-11-15(13)16(12-18)17(19)14-9-4-2-3-5-10-14/h6-8,11,14,16H,2-5,9-10H2,1H3. The normalized spacial score (nSPS) is 18.3. The van der Waals surface area contributed by atoms with E-state index in [0.29, 0.717) is 0 Å². The minimum Gasteiger partial charge on any atom is -0.298 e. The van der Waals surface area contributed by atoms with Crippen LogP contribution >= 0.6 is 0 Å². The van der Waals surface area contributed by atoms with Crippen molar-refractivity contribution in [3.05, 3.63) is 35.4 Å². The topological polar surface area (TPSA) is 40.9 Å². The molecule has 1 atom stereocenters. The molecule has 0 saturated heterocycles. The van der Waals surface area contributed by atoms with E-state index >= 15 is 0 Å². The lowest BCUT2D eigenvalue weighted by Crippen LogP contribution is -2.21. The van der Waals surface area contributed by atoms with Gasteiger partial charge in [-0.15, -0.1) is 0 Å². The van der Waals surface area contributed by atoms with Gasteiger partial charge in [0.2, 0.25) is 0 Å². The molecule has 1 unspecified atom stereocenters. The quantitative estimate of drug-likeness (QED) is 0.761. The van der Waals surface area contributed by atoms with Gasteiger partial charge in [0.05, 0.1) is 6.07 Å². The van der Waals surface area contributed by atoms with E-state index in [1.165, 1.54) is 12.8 Å². The summed E-state index contributed by atoms with van der Waals surface area (Å²) < 4.78 is 0. The minimum atomic E-state index is -0.579. The van der Waals surface area contributed by atoms with Crippen molar-refractivity contribution in [2.24, 2.45) is 5.92 Å². The lowest BCUT2D eigenvalue weighted by molar-refractivity contribution is -0.123. The molecule has 0 spiro atoms. The summed E-state index contributed by atoms with van der Waals surface area (Å²) >= 11 is 0. The smallest absolute Gasteiger partial charge is 0.157 e. The SMILES string of the molecule is Cc1ccccc1C(C#N)C(=O)C1CCCCCC1. The molecule has 1 aromatic rings. The van der Waals surface area contributed by atoms with Crippen molar-refractivity contribution in [3.8, 4) is 6.07 Å². The number of hydrogen-bond donors (Lipinski definition) is 0. The number of rotatable bonds is 3. The van der Waals surface area contributed by atoms with Crippen LogP contribution in [0, 0.1) is 24.2 Å². The fourth-order valence-electron chi connectivity index (χ4n) is 3.00. The molecule has 0 aliphatic heterocycles. The molecule has 1 saturated carbocycles. The van der Waals surface area contributed by atoms with Crippen LogP contribution in [-0.2, 0) is 4.79 Å². The Kier molecular flexibility index (Phi) is 4.74. The van der Waals surface area contributed by atoms with E-state index in [1.807, 2.05) is 31.2 Å². The molecule has 1 aromatic carbocycles. The molecule has 0 amide bonds. The van der Waals surface area contributed by atoms with E-state index in [1.54, 1.807) is 0 Å². The van der Waals surface area contributed by atoms with Gasteiger partial charge in [0, 0.05) is 5.92 Å². The van der Waals surface area contributed by atoms with Crippen LogP contribution in [0.1, 0.15) is 55.6 Å². The Balaban J connectivity index is 2.20. The minimum absolute atomic E-state index is 0.0896. The van der Waals surface area contributed by atoms with Crippen molar-refractivity contribution in [1.29, 1.82) is 5.26 Å². The van der Waals surface area contributed by atoms with Gasteiger partial charge >= 0.3 is 0 Å². The summed E-state index contributed by atoms with van der Waals surface area (Å²) in [5, 5.41) is 9.40. The fraction of sp³-hybridized carbons (Fsp3) is 0.529. The highest BCUT2D eigenvalue weighted by molar-refractivity contribution is 5.90. The molecule has 0 N–H and O–H groups in total. The predicted molar refractivity (Wildman–Crippen MR) is 75.7 cm³/mol. The number of aryl methyl sites for hydroxylation is 1. The number of Topliss-reactive ketones (excluding diaryl/α,β-unsaturated/α-hetero) is 1. The van der Waals surface area contributed by atoms with Gasteiger partial charge in [0.15, 0.2) is 5.78 Å². The van der Waals surface area contributed by atoms with Gasteiger partial charge in [-0.1, -0.05) is 49.9 Å². The Morgan fingerprint density at radius 2 is 1.84 bits per heavy atom. The zero-order valence-corrected chi connectivity index (χ0v) is 11.6. The Labute approximate surface area is 115 Å². The van der Waals surface area contributed by atoms with E-state index in [0.717, 1.165) is 36.8 Å². The summed E-state index contributed by atoms with van der Waals surface area (Å²) in [6.45, 7) is 1.97. The van der Waals surface area contributed by atoms with Crippen LogP contribution < -0.4 is 0 Å². The van der Waals surface area contributed by atoms with E-state index in [4.69, 9.17) is 0 Å². The number of hydrogen-bond acceptors (Lipinski definition) is 2. The number of ketones is 1. The van der Waals surface area contributed by atoms with Gasteiger partial charge in [-0.2, -0.15) is 5.26 Å². The first-order chi connectivity index (χ1) is 9.24. The predicted octanol–water partition coefficient (Wildman–Crippen LogP) is 4.14. The highest BCUT2D eigenvalue weighted by Gasteiger charge is 2.29. The third kappa shape index (κ3) is 3.23. The number of nitrogens with zero attached hydrogens (tertiary/aromatic N) is 1. The second kappa shape index (κ2) is 6.52. The first-order valence-corrected chi connectivity index (χ1v) is 7.23. The first-order valence-electron chi connectivity index (χ1n) is 7.23. The summed E-state index contributed by atoms with van der Waals surface area (Å²) in [6, 6.07) is 9.97. The lowest BCUT2D eigenvalue weighted by atomic mass is 9.83. The van der Waals surface area contributed by atoms with Crippen LogP contribution in [0.4, 0.5) is 0 Å². The lowest BCUT2D eigenvalue weighted by Gasteiger charge is -2.18. The summed E-state index contributed by atoms with van der Waals surface area (Å²) in [4.78, 5) is 12.6. The number of nitriles is 1. The van der Waals surface area contributed by atoms with E-state index in [9.17, 15) is 10.1 Å². The maximum Gasteiger partial charge on any atom is 0.157 e. The zero-order chi connectivity index (χ0) is 13.7. The largest absolute Gasteiger partial charge is 0.298 e. The van der Waals surface area contributed by atoms with Crippen LogP contribution in [0.3, 0.4) is 0 Å². The van der Waals surface area contributed by atoms with E-state index in [2.05, 4.69) is 6.07 Å². The van der Waals surface area contributed by atoms with Crippen molar-refractivity contribution in [1.82, 2.24) is 0 Å². The molecule has 0 bridgehead atoms. The van der Waals surface area contributed by atoms with Gasteiger partial charge in [0.1, 0.15) is 5.92 Å². The summed E-state index contributed by atoms with van der Waals surface area (Å²) in [7, 11) is 0. The molecular formula is C17H21NO. The fourth-order valence-corrected chi connectivity index (χ4v) is 3.00. The Hall–Kier alpha value is -1.62. The van der Waals surface area contributed by atoms with Crippen molar-refractivity contribution in [2.45, 2.75) is 51.4 Å². The van der Waals surface area contributed by atoms with Gasteiger partial charge in [-0.25, -0.2) is 0 Å². The van der Waals surface area contributed by atoms with Crippen molar-refractivity contribution >= 4 is 5.78 Å². The van der Waals surface area contributed by atoms with Gasteiger partial charge < -0.3 is 0 Å². The Morgan fingerprint density at radius 1 is 1.21 bits per heavy atom. The van der Waals surface area contributed by atoms with E-state index < -0.39 is 5.92 Å². The molecule has 0 aromatic heterocycles. The third-order valence-electron chi connectivity index (χ3n) is 4.17. The van der Waals surface area contributed by atoms with Crippen LogP contribution in [-0.4, -0.2) is 5.78 Å². The number of carbonyl (C=O) groups is 1. The second-order valence-corrected chi connectivity index (χ2v) is 5.51. The number of benzene rings is 1. The third-order valence-corrected chi connectivity index (χ3v) is 4.17. The molecule has 1 aliphatic rings. The molecular weight excluding hydrogens is 234 g/mol.